The Labute approximate surface area is 217 Å². The molecule has 1 aliphatic carbocycles. The SMILES string of the molecule is O=C1N=C(NC2CC(F)(F)CCC2O)C(=CC2CCN(Cc3ccc(C(F)(F)F)cc3C(F)(F)F)CC2)S1. The Morgan fingerprint density at radius 1 is 1.11 bits per heavy atom. The van der Waals surface area contributed by atoms with Crippen LogP contribution in [0.4, 0.5) is 39.9 Å². The van der Waals surface area contributed by atoms with E-state index in [9.17, 15) is 45.0 Å². The summed E-state index contributed by atoms with van der Waals surface area (Å²) < 4.78 is 107. The largest absolute Gasteiger partial charge is 0.416 e. The van der Waals surface area contributed by atoms with Crippen LogP contribution >= 0.6 is 11.8 Å². The van der Waals surface area contributed by atoms with Crippen LogP contribution in [0.5, 0.6) is 0 Å². The minimum absolute atomic E-state index is 0.0842. The normalized spacial score (nSPS) is 26.6. The van der Waals surface area contributed by atoms with Crippen molar-refractivity contribution in [3.63, 3.8) is 0 Å². The molecule has 5 nitrogen and oxygen atoms in total. The summed E-state index contributed by atoms with van der Waals surface area (Å²) in [5, 5.41) is 12.4. The molecule has 2 N–H and O–H groups in total. The molecule has 0 radical (unpaired) electrons. The first-order chi connectivity index (χ1) is 17.6. The summed E-state index contributed by atoms with van der Waals surface area (Å²) in [5.41, 5.74) is -2.93. The molecule has 38 heavy (non-hydrogen) atoms. The number of carbonyl (C=O) groups is 1. The zero-order valence-electron chi connectivity index (χ0n) is 19.9. The fourth-order valence-electron chi connectivity index (χ4n) is 4.86. The first kappa shape index (κ1) is 28.8. The molecule has 1 aromatic carbocycles. The summed E-state index contributed by atoms with van der Waals surface area (Å²) in [4.78, 5) is 17.9. The number of hydrogen-bond acceptors (Lipinski definition) is 5. The predicted octanol–water partition coefficient (Wildman–Crippen LogP) is 6.22. The van der Waals surface area contributed by atoms with E-state index < -0.39 is 59.6 Å². The lowest BCUT2D eigenvalue weighted by molar-refractivity contribution is -0.143. The van der Waals surface area contributed by atoms with Crippen molar-refractivity contribution >= 4 is 22.8 Å². The van der Waals surface area contributed by atoms with Gasteiger partial charge in [-0.2, -0.15) is 31.3 Å². The predicted molar refractivity (Wildman–Crippen MR) is 125 cm³/mol. The molecule has 1 saturated carbocycles. The average Bonchev–Trinajstić information content (AvgIpc) is 3.14. The number of aliphatic hydroxyl groups is 1. The fraction of sp³-hybridized carbons (Fsp3) is 0.583. The molecule has 2 aliphatic heterocycles. The molecule has 1 amide bonds. The number of thioether (sulfide) groups is 1. The van der Waals surface area contributed by atoms with E-state index in [2.05, 4.69) is 10.3 Å². The maximum Gasteiger partial charge on any atom is 0.416 e. The quantitative estimate of drug-likeness (QED) is 0.420. The molecule has 1 saturated heterocycles. The first-order valence-corrected chi connectivity index (χ1v) is 12.8. The summed E-state index contributed by atoms with van der Waals surface area (Å²) >= 11 is 0.825. The number of likely N-dealkylation sites (tertiary alicyclic amines) is 1. The minimum Gasteiger partial charge on any atom is -0.391 e. The highest BCUT2D eigenvalue weighted by molar-refractivity contribution is 8.18. The zero-order chi connectivity index (χ0) is 27.9. The molecule has 3 aliphatic rings. The van der Waals surface area contributed by atoms with Crippen molar-refractivity contribution in [3.8, 4) is 0 Å². The highest BCUT2D eigenvalue weighted by Gasteiger charge is 2.42. The molecular weight excluding hydrogens is 546 g/mol. The van der Waals surface area contributed by atoms with Crippen molar-refractivity contribution in [2.24, 2.45) is 10.9 Å². The van der Waals surface area contributed by atoms with E-state index in [0.29, 0.717) is 36.9 Å². The summed E-state index contributed by atoms with van der Waals surface area (Å²) in [6.45, 7) is 0.545. The van der Waals surface area contributed by atoms with Crippen LogP contribution in [-0.4, -0.2) is 52.2 Å². The first-order valence-electron chi connectivity index (χ1n) is 12.0. The second kappa shape index (κ2) is 10.8. The average molecular weight is 572 g/mol. The lowest BCUT2D eigenvalue weighted by Crippen LogP contribution is -2.50. The van der Waals surface area contributed by atoms with Gasteiger partial charge in [0.1, 0.15) is 5.84 Å². The number of rotatable bonds is 4. The van der Waals surface area contributed by atoms with Gasteiger partial charge in [0.2, 0.25) is 5.92 Å². The topological polar surface area (TPSA) is 64.9 Å². The summed E-state index contributed by atoms with van der Waals surface area (Å²) in [5.74, 6) is -2.91. The number of aliphatic imine (C=N–C) groups is 1. The standard InChI is InChI=1S/C24H25F8N3O2S/c25-22(26)6-3-18(36)17(11-22)33-20-19(38-21(37)34-20)9-13-4-7-35(8-5-13)12-14-1-2-15(23(27,28)29)10-16(14)24(30,31)32/h1-2,9-10,13,17-18,36H,3-8,11-12H2,(H,33,34,37). The van der Waals surface area contributed by atoms with Gasteiger partial charge in [-0.3, -0.25) is 9.69 Å². The van der Waals surface area contributed by atoms with Crippen LogP contribution in [0.2, 0.25) is 0 Å². The number of aliphatic hydroxyl groups excluding tert-OH is 1. The van der Waals surface area contributed by atoms with Gasteiger partial charge in [-0.1, -0.05) is 12.1 Å². The highest BCUT2D eigenvalue weighted by atomic mass is 32.2. The maximum absolute atomic E-state index is 13.8. The van der Waals surface area contributed by atoms with Gasteiger partial charge in [0, 0.05) is 19.4 Å². The summed E-state index contributed by atoms with van der Waals surface area (Å²) in [6.07, 6.45) is -9.20. The Bertz CT molecular complexity index is 1110. The molecule has 1 aromatic rings. The fourth-order valence-corrected chi connectivity index (χ4v) is 5.64. The van der Waals surface area contributed by atoms with Crippen LogP contribution in [0.1, 0.15) is 48.8 Å². The number of amides is 1. The number of nitrogens with one attached hydrogen (secondary N) is 1. The Balaban J connectivity index is 1.39. The van der Waals surface area contributed by atoms with Crippen LogP contribution in [0.3, 0.4) is 0 Å². The number of nitrogens with zero attached hydrogens (tertiary/aromatic N) is 2. The van der Waals surface area contributed by atoms with Crippen LogP contribution in [-0.2, 0) is 18.9 Å². The summed E-state index contributed by atoms with van der Waals surface area (Å²) in [6, 6.07) is 0.662. The van der Waals surface area contributed by atoms with E-state index in [1.165, 1.54) is 0 Å². The van der Waals surface area contributed by atoms with Gasteiger partial charge in [-0.05, 0) is 67.7 Å². The Hall–Kier alpha value is -2.19. The van der Waals surface area contributed by atoms with Gasteiger partial charge in [0.05, 0.1) is 28.2 Å². The molecular formula is C24H25F8N3O2S. The van der Waals surface area contributed by atoms with E-state index in [0.717, 1.165) is 17.8 Å². The molecule has 210 valence electrons. The maximum atomic E-state index is 13.8. The van der Waals surface area contributed by atoms with Gasteiger partial charge >= 0.3 is 17.6 Å². The molecule has 4 rings (SSSR count). The number of allylic oxidation sites excluding steroid dienone is 1. The van der Waals surface area contributed by atoms with Crippen LogP contribution in [0, 0.1) is 5.92 Å². The van der Waals surface area contributed by atoms with Crippen molar-refractivity contribution in [3.05, 3.63) is 45.9 Å². The van der Waals surface area contributed by atoms with Crippen molar-refractivity contribution in [1.29, 1.82) is 0 Å². The molecule has 14 heteroatoms. The molecule has 2 unspecified atom stereocenters. The van der Waals surface area contributed by atoms with Gasteiger partial charge in [0.15, 0.2) is 0 Å². The Kier molecular flexibility index (Phi) is 8.16. The Morgan fingerprint density at radius 2 is 1.79 bits per heavy atom. The Morgan fingerprint density at radius 3 is 2.42 bits per heavy atom. The van der Waals surface area contributed by atoms with E-state index in [-0.39, 0.29) is 36.3 Å². The second-order valence-electron chi connectivity index (χ2n) is 9.76. The van der Waals surface area contributed by atoms with E-state index in [4.69, 9.17) is 0 Å². The van der Waals surface area contributed by atoms with Gasteiger partial charge < -0.3 is 10.4 Å². The molecule has 0 spiro atoms. The number of carbonyl (C=O) groups excluding carboxylic acids is 1. The number of alkyl halides is 8. The number of amidine groups is 1. The van der Waals surface area contributed by atoms with Crippen LogP contribution < -0.4 is 5.32 Å². The molecule has 0 bridgehead atoms. The number of halogens is 8. The third-order valence-corrected chi connectivity index (χ3v) is 7.72. The van der Waals surface area contributed by atoms with Crippen molar-refractivity contribution in [1.82, 2.24) is 10.2 Å². The van der Waals surface area contributed by atoms with Crippen molar-refractivity contribution in [2.75, 3.05) is 13.1 Å². The number of piperidine rings is 1. The van der Waals surface area contributed by atoms with E-state index in [1.54, 1.807) is 11.0 Å². The molecule has 2 heterocycles. The van der Waals surface area contributed by atoms with Gasteiger partial charge in [-0.15, -0.1) is 0 Å². The van der Waals surface area contributed by atoms with Crippen LogP contribution in [0.15, 0.2) is 34.2 Å². The van der Waals surface area contributed by atoms with Crippen LogP contribution in [0.25, 0.3) is 0 Å². The lowest BCUT2D eigenvalue weighted by atomic mass is 9.89. The molecule has 2 atom stereocenters. The van der Waals surface area contributed by atoms with Gasteiger partial charge in [0.25, 0.3) is 0 Å². The molecule has 2 fully saturated rings. The smallest absolute Gasteiger partial charge is 0.391 e. The summed E-state index contributed by atoms with van der Waals surface area (Å²) in [7, 11) is 0. The van der Waals surface area contributed by atoms with E-state index >= 15 is 0 Å². The van der Waals surface area contributed by atoms with Gasteiger partial charge in [-0.25, -0.2) is 8.78 Å². The van der Waals surface area contributed by atoms with Crippen molar-refractivity contribution in [2.45, 2.75) is 69.1 Å². The number of hydrogen-bond donors (Lipinski definition) is 2. The lowest BCUT2D eigenvalue weighted by Gasteiger charge is -2.34. The number of benzene rings is 1. The minimum atomic E-state index is -4.94. The third-order valence-electron chi connectivity index (χ3n) is 6.90. The third kappa shape index (κ3) is 7.06. The molecule has 0 aromatic heterocycles. The second-order valence-corrected chi connectivity index (χ2v) is 10.8. The zero-order valence-corrected chi connectivity index (χ0v) is 20.7. The monoisotopic (exact) mass is 571 g/mol. The van der Waals surface area contributed by atoms with E-state index in [1.807, 2.05) is 0 Å². The highest BCUT2D eigenvalue weighted by Crippen LogP contribution is 2.39. The van der Waals surface area contributed by atoms with Crippen molar-refractivity contribution < 1.29 is 45.0 Å².